The number of ether oxygens (including phenoxy) is 1. The van der Waals surface area contributed by atoms with E-state index in [4.69, 9.17) is 16.2 Å². The van der Waals surface area contributed by atoms with Crippen molar-refractivity contribution in [2.24, 2.45) is 16.9 Å². The Kier molecular flexibility index (Phi) is 5.66. The van der Waals surface area contributed by atoms with Crippen LogP contribution in [0.5, 0.6) is 0 Å². The van der Waals surface area contributed by atoms with Crippen LogP contribution in [0, 0.1) is 20.3 Å². The molecule has 8 nitrogen and oxygen atoms in total. The maximum absolute atomic E-state index is 13.1. The molecule has 29 heavy (non-hydrogen) atoms. The molecule has 0 aromatic heterocycles. The number of nitrogens with zero attached hydrogens (tertiary/aromatic N) is 2. The molecule has 0 saturated carbocycles. The topological polar surface area (TPSA) is 140 Å². The zero-order chi connectivity index (χ0) is 21.3. The van der Waals surface area contributed by atoms with Gasteiger partial charge in [0.15, 0.2) is 5.41 Å². The predicted molar refractivity (Wildman–Crippen MR) is 112 cm³/mol. The number of nitrogens with two attached hydrogens (primary N) is 2. The summed E-state index contributed by atoms with van der Waals surface area (Å²) in [5, 5.41) is 10.3. The first-order valence-electron chi connectivity index (χ1n) is 8.88. The average molecular weight is 506 g/mol. The summed E-state index contributed by atoms with van der Waals surface area (Å²) in [5.41, 5.74) is 10.1. The van der Waals surface area contributed by atoms with Gasteiger partial charge < -0.3 is 21.1 Å². The summed E-state index contributed by atoms with van der Waals surface area (Å²) >= 11 is 2.11. The molecule has 0 bridgehead atoms. The van der Waals surface area contributed by atoms with Gasteiger partial charge in [-0.05, 0) is 53.3 Å². The lowest BCUT2D eigenvalue weighted by atomic mass is 9.68. The van der Waals surface area contributed by atoms with E-state index in [9.17, 15) is 19.6 Å². The van der Waals surface area contributed by atoms with E-state index in [2.05, 4.69) is 28.7 Å². The fourth-order valence-corrected chi connectivity index (χ4v) is 4.67. The number of halogens is 1. The quantitative estimate of drug-likeness (QED) is 0.450. The SMILES string of the molecule is CCOC(=O)[C@]1(C#N)[C@H](c2cccc(I)c2)[C@@H](C(N)=O)N2C=C(C(N)=O)C=C[C@H]21. The molecule has 9 heteroatoms. The van der Waals surface area contributed by atoms with E-state index >= 15 is 0 Å². The number of hydrogen-bond donors (Lipinski definition) is 2. The van der Waals surface area contributed by atoms with Crippen LogP contribution in [-0.4, -0.2) is 41.4 Å². The molecule has 2 heterocycles. The average Bonchev–Trinajstić information content (AvgIpc) is 2.99. The maximum atomic E-state index is 13.1. The van der Waals surface area contributed by atoms with Gasteiger partial charge in [-0.1, -0.05) is 18.2 Å². The molecule has 1 aromatic carbocycles. The normalized spacial score (nSPS) is 27.6. The molecule has 1 saturated heterocycles. The van der Waals surface area contributed by atoms with Gasteiger partial charge in [0.05, 0.1) is 24.3 Å². The van der Waals surface area contributed by atoms with E-state index < -0.39 is 41.2 Å². The van der Waals surface area contributed by atoms with Gasteiger partial charge in [-0.25, -0.2) is 0 Å². The van der Waals surface area contributed by atoms with Gasteiger partial charge in [0.25, 0.3) is 0 Å². The number of carbonyl (C=O) groups excluding carboxylic acids is 3. The van der Waals surface area contributed by atoms with Crippen molar-refractivity contribution >= 4 is 40.4 Å². The second kappa shape index (κ2) is 7.87. The van der Waals surface area contributed by atoms with E-state index in [1.165, 1.54) is 23.3 Å². The molecule has 4 N–H and O–H groups in total. The van der Waals surface area contributed by atoms with E-state index in [0.29, 0.717) is 5.56 Å². The van der Waals surface area contributed by atoms with Crippen LogP contribution >= 0.6 is 22.6 Å². The van der Waals surface area contributed by atoms with Crippen LogP contribution in [0.4, 0.5) is 0 Å². The molecule has 2 amide bonds. The van der Waals surface area contributed by atoms with Gasteiger partial charge in [-0.3, -0.25) is 14.4 Å². The number of amides is 2. The Morgan fingerprint density at radius 2 is 2.07 bits per heavy atom. The molecule has 0 unspecified atom stereocenters. The molecular weight excluding hydrogens is 487 g/mol. The molecule has 2 aliphatic heterocycles. The molecule has 0 radical (unpaired) electrons. The van der Waals surface area contributed by atoms with Crippen LogP contribution < -0.4 is 11.5 Å². The minimum absolute atomic E-state index is 0.0708. The van der Waals surface area contributed by atoms with Crippen molar-refractivity contribution in [2.75, 3.05) is 6.61 Å². The fraction of sp³-hybridized carbons (Fsp3) is 0.300. The molecule has 3 rings (SSSR count). The minimum atomic E-state index is -1.74. The van der Waals surface area contributed by atoms with Gasteiger partial charge in [-0.2, -0.15) is 5.26 Å². The molecule has 0 spiro atoms. The maximum Gasteiger partial charge on any atom is 0.329 e. The molecule has 1 aromatic rings. The Bertz CT molecular complexity index is 983. The number of esters is 1. The van der Waals surface area contributed by atoms with E-state index in [1.807, 2.05) is 6.07 Å². The highest BCUT2D eigenvalue weighted by Gasteiger charge is 2.66. The zero-order valence-corrected chi connectivity index (χ0v) is 17.7. The second-order valence-electron chi connectivity index (χ2n) is 6.78. The Morgan fingerprint density at radius 3 is 2.62 bits per heavy atom. The lowest BCUT2D eigenvalue weighted by Crippen LogP contribution is -2.45. The third-order valence-electron chi connectivity index (χ3n) is 5.24. The fourth-order valence-electron chi connectivity index (χ4n) is 4.11. The van der Waals surface area contributed by atoms with Crippen LogP contribution in [0.1, 0.15) is 18.4 Å². The van der Waals surface area contributed by atoms with Crippen molar-refractivity contribution < 1.29 is 19.1 Å². The first kappa shape index (κ1) is 20.9. The first-order valence-corrected chi connectivity index (χ1v) is 9.96. The summed E-state index contributed by atoms with van der Waals surface area (Å²) in [6, 6.07) is 7.41. The minimum Gasteiger partial charge on any atom is -0.465 e. The lowest BCUT2D eigenvalue weighted by molar-refractivity contribution is -0.153. The predicted octanol–water partition coefficient (Wildman–Crippen LogP) is 0.925. The Labute approximate surface area is 181 Å². The highest BCUT2D eigenvalue weighted by molar-refractivity contribution is 14.1. The van der Waals surface area contributed by atoms with Crippen LogP contribution in [0.15, 0.2) is 48.2 Å². The third-order valence-corrected chi connectivity index (χ3v) is 5.91. The highest BCUT2D eigenvalue weighted by atomic mass is 127. The van der Waals surface area contributed by atoms with Gasteiger partial charge in [0.1, 0.15) is 6.04 Å². The number of benzene rings is 1. The number of fused-ring (bicyclic) bond motifs is 1. The smallest absolute Gasteiger partial charge is 0.329 e. The standard InChI is InChI=1S/C20H19IN4O4/c1-2-29-19(28)20(10-22)14-7-6-12(17(23)26)9-25(14)16(18(24)27)15(20)11-4-3-5-13(21)8-11/h3-9,14-16H,2H2,1H3,(H2,23,26)(H2,24,27)/t14-,15+,16-,20-/m0/s1. The van der Waals surface area contributed by atoms with Gasteiger partial charge in [-0.15, -0.1) is 0 Å². The van der Waals surface area contributed by atoms with Crippen LogP contribution in [0.2, 0.25) is 0 Å². The summed E-state index contributed by atoms with van der Waals surface area (Å²) in [7, 11) is 0. The summed E-state index contributed by atoms with van der Waals surface area (Å²) in [6.07, 6.45) is 4.37. The van der Waals surface area contributed by atoms with Gasteiger partial charge >= 0.3 is 5.97 Å². The largest absolute Gasteiger partial charge is 0.465 e. The highest BCUT2D eigenvalue weighted by Crippen LogP contribution is 2.53. The van der Waals surface area contributed by atoms with Gasteiger partial charge in [0.2, 0.25) is 11.8 Å². The number of hydrogen-bond acceptors (Lipinski definition) is 6. The van der Waals surface area contributed by atoms with Gasteiger partial charge in [0, 0.05) is 15.7 Å². The molecular formula is C20H19IN4O4. The summed E-state index contributed by atoms with van der Waals surface area (Å²) in [6.45, 7) is 1.71. The number of nitriles is 1. The molecule has 0 aliphatic carbocycles. The number of rotatable bonds is 5. The van der Waals surface area contributed by atoms with Crippen molar-refractivity contribution in [3.8, 4) is 6.07 Å². The Hall–Kier alpha value is -2.87. The number of carbonyl (C=O) groups is 3. The van der Waals surface area contributed by atoms with E-state index in [1.54, 1.807) is 25.1 Å². The number of primary amides is 2. The van der Waals surface area contributed by atoms with Crippen LogP contribution in [0.25, 0.3) is 0 Å². The zero-order valence-electron chi connectivity index (χ0n) is 15.5. The molecule has 1 fully saturated rings. The van der Waals surface area contributed by atoms with Crippen LogP contribution in [0.3, 0.4) is 0 Å². The molecule has 4 atom stereocenters. The summed E-state index contributed by atoms with van der Waals surface area (Å²) in [4.78, 5) is 38.8. The first-order chi connectivity index (χ1) is 13.8. The Balaban J connectivity index is 2.30. The van der Waals surface area contributed by atoms with Crippen molar-refractivity contribution in [1.29, 1.82) is 5.26 Å². The molecule has 150 valence electrons. The summed E-state index contributed by atoms with van der Waals surface area (Å²) in [5.74, 6) is -3.07. The summed E-state index contributed by atoms with van der Waals surface area (Å²) < 4.78 is 6.13. The van der Waals surface area contributed by atoms with Crippen LogP contribution in [-0.2, 0) is 19.1 Å². The van der Waals surface area contributed by atoms with E-state index in [0.717, 1.165) is 3.57 Å². The monoisotopic (exact) mass is 506 g/mol. The van der Waals surface area contributed by atoms with Crippen molar-refractivity contribution in [3.05, 3.63) is 57.3 Å². The van der Waals surface area contributed by atoms with Crippen molar-refractivity contribution in [2.45, 2.75) is 24.9 Å². The van der Waals surface area contributed by atoms with Crippen molar-refractivity contribution in [1.82, 2.24) is 4.90 Å². The third kappa shape index (κ3) is 3.27. The van der Waals surface area contributed by atoms with E-state index in [-0.39, 0.29) is 12.2 Å². The van der Waals surface area contributed by atoms with Crippen molar-refractivity contribution in [3.63, 3.8) is 0 Å². The lowest BCUT2D eigenvalue weighted by Gasteiger charge is -2.32. The Morgan fingerprint density at radius 1 is 1.34 bits per heavy atom. The molecule has 2 aliphatic rings. The second-order valence-corrected chi connectivity index (χ2v) is 8.03.